The van der Waals surface area contributed by atoms with Crippen LogP contribution in [0.1, 0.15) is 0 Å². The van der Waals surface area contributed by atoms with Gasteiger partial charge in [-0.15, -0.1) is 0 Å². The van der Waals surface area contributed by atoms with E-state index < -0.39 is 6.10 Å². The van der Waals surface area contributed by atoms with Gasteiger partial charge in [0.1, 0.15) is 0 Å². The van der Waals surface area contributed by atoms with Crippen LogP contribution in [0.2, 0.25) is 10.0 Å². The summed E-state index contributed by atoms with van der Waals surface area (Å²) in [5, 5.41) is 20.0. The molecular weight excluding hydrogens is 415 g/mol. The van der Waals surface area contributed by atoms with E-state index in [2.05, 4.69) is 28.1 Å². The first kappa shape index (κ1) is 19.3. The highest BCUT2D eigenvalue weighted by molar-refractivity contribution is 6.33. The number of aliphatic hydroxyl groups is 1. The summed E-state index contributed by atoms with van der Waals surface area (Å²) < 4.78 is 2.13. The van der Waals surface area contributed by atoms with Gasteiger partial charge in [0.25, 0.3) is 0 Å². The Morgan fingerprint density at radius 1 is 0.767 bits per heavy atom. The number of anilines is 1. The van der Waals surface area contributed by atoms with Gasteiger partial charge in [-0.2, -0.15) is 0 Å². The Hall–Kier alpha value is -2.72. The first-order chi connectivity index (χ1) is 14.6. The van der Waals surface area contributed by atoms with Crippen LogP contribution in [-0.2, 0) is 6.54 Å². The number of aromatic nitrogens is 1. The van der Waals surface area contributed by atoms with Crippen molar-refractivity contribution in [3.63, 3.8) is 0 Å². The average Bonchev–Trinajstić information content (AvgIpc) is 3.04. The number of hydrogen-bond donors (Lipinski definition) is 2. The smallest absolute Gasteiger partial charge is 0.0891 e. The van der Waals surface area contributed by atoms with E-state index >= 15 is 0 Å². The lowest BCUT2D eigenvalue weighted by Gasteiger charge is -2.16. The third-order valence-corrected chi connectivity index (χ3v) is 5.97. The van der Waals surface area contributed by atoms with Gasteiger partial charge in [0.15, 0.2) is 0 Å². The van der Waals surface area contributed by atoms with Crippen LogP contribution in [-0.4, -0.2) is 22.3 Å². The molecule has 5 rings (SSSR count). The van der Waals surface area contributed by atoms with Crippen molar-refractivity contribution in [1.29, 1.82) is 0 Å². The molecule has 0 fully saturated rings. The lowest BCUT2D eigenvalue weighted by atomic mass is 10.1. The molecule has 0 amide bonds. The van der Waals surface area contributed by atoms with Crippen molar-refractivity contribution in [3.05, 3.63) is 88.9 Å². The topological polar surface area (TPSA) is 37.2 Å². The highest BCUT2D eigenvalue weighted by Gasteiger charge is 2.15. The van der Waals surface area contributed by atoms with Gasteiger partial charge < -0.3 is 15.0 Å². The zero-order valence-electron chi connectivity index (χ0n) is 16.1. The number of aliphatic hydroxyl groups excluding tert-OH is 1. The number of nitrogens with zero attached hydrogens (tertiary/aromatic N) is 1. The number of benzene rings is 4. The van der Waals surface area contributed by atoms with E-state index in [1.807, 2.05) is 60.7 Å². The standard InChI is InChI=1S/C25H20Cl2N2O/c26-17-8-10-24-21(12-17)22-13-18(27)9-11-25(22)29(24)15-19(30)14-28-23-7-3-5-16-4-1-2-6-20(16)23/h1-13,19,28,30H,14-15H2/t19-/m1/s1. The van der Waals surface area contributed by atoms with Crippen LogP contribution < -0.4 is 5.32 Å². The Labute approximate surface area is 184 Å². The fourth-order valence-corrected chi connectivity index (χ4v) is 4.47. The highest BCUT2D eigenvalue weighted by Crippen LogP contribution is 2.33. The molecule has 0 bridgehead atoms. The monoisotopic (exact) mass is 434 g/mol. The fourth-order valence-electron chi connectivity index (χ4n) is 4.13. The van der Waals surface area contributed by atoms with Crippen LogP contribution >= 0.6 is 23.2 Å². The minimum Gasteiger partial charge on any atom is -0.389 e. The van der Waals surface area contributed by atoms with Crippen molar-refractivity contribution >= 4 is 61.5 Å². The first-order valence-electron chi connectivity index (χ1n) is 9.87. The molecule has 5 heteroatoms. The second-order valence-electron chi connectivity index (χ2n) is 7.49. The van der Waals surface area contributed by atoms with E-state index in [4.69, 9.17) is 23.2 Å². The second-order valence-corrected chi connectivity index (χ2v) is 8.37. The van der Waals surface area contributed by atoms with Crippen molar-refractivity contribution in [1.82, 2.24) is 4.57 Å². The van der Waals surface area contributed by atoms with Crippen LogP contribution in [0, 0.1) is 0 Å². The maximum absolute atomic E-state index is 10.8. The highest BCUT2D eigenvalue weighted by atomic mass is 35.5. The summed E-state index contributed by atoms with van der Waals surface area (Å²) in [6, 6.07) is 26.0. The summed E-state index contributed by atoms with van der Waals surface area (Å²) in [7, 11) is 0. The lowest BCUT2D eigenvalue weighted by molar-refractivity contribution is 0.169. The molecule has 0 saturated carbocycles. The molecule has 3 nitrogen and oxygen atoms in total. The van der Waals surface area contributed by atoms with Crippen molar-refractivity contribution < 1.29 is 5.11 Å². The lowest BCUT2D eigenvalue weighted by Crippen LogP contribution is -2.24. The molecule has 4 aromatic carbocycles. The molecule has 1 aromatic heterocycles. The SMILES string of the molecule is O[C@H](CNc1cccc2ccccc12)Cn1c2ccc(Cl)cc2c2cc(Cl)ccc21. The zero-order chi connectivity index (χ0) is 20.7. The summed E-state index contributed by atoms with van der Waals surface area (Å²) >= 11 is 12.5. The molecule has 30 heavy (non-hydrogen) atoms. The quantitative estimate of drug-likeness (QED) is 0.321. The summed E-state index contributed by atoms with van der Waals surface area (Å²) in [4.78, 5) is 0. The van der Waals surface area contributed by atoms with Crippen molar-refractivity contribution in [3.8, 4) is 0 Å². The van der Waals surface area contributed by atoms with E-state index in [0.29, 0.717) is 23.1 Å². The number of nitrogens with one attached hydrogen (secondary N) is 1. The van der Waals surface area contributed by atoms with E-state index in [-0.39, 0.29) is 0 Å². The molecular formula is C25H20Cl2N2O. The zero-order valence-corrected chi connectivity index (χ0v) is 17.7. The predicted molar refractivity (Wildman–Crippen MR) is 128 cm³/mol. The molecule has 0 spiro atoms. The largest absolute Gasteiger partial charge is 0.389 e. The normalized spacial score (nSPS) is 12.6. The van der Waals surface area contributed by atoms with Gasteiger partial charge in [0.2, 0.25) is 0 Å². The van der Waals surface area contributed by atoms with Crippen LogP contribution in [0.3, 0.4) is 0 Å². The van der Waals surface area contributed by atoms with Gasteiger partial charge in [-0.25, -0.2) is 0 Å². The molecule has 0 saturated heterocycles. The van der Waals surface area contributed by atoms with Gasteiger partial charge in [-0.3, -0.25) is 0 Å². The molecule has 0 radical (unpaired) electrons. The van der Waals surface area contributed by atoms with E-state index in [1.165, 1.54) is 5.39 Å². The number of fused-ring (bicyclic) bond motifs is 4. The van der Waals surface area contributed by atoms with Gasteiger partial charge in [0.05, 0.1) is 12.6 Å². The molecule has 1 atom stereocenters. The number of rotatable bonds is 5. The Balaban J connectivity index is 1.45. The average molecular weight is 435 g/mol. The van der Waals surface area contributed by atoms with Crippen molar-refractivity contribution in [2.75, 3.05) is 11.9 Å². The maximum Gasteiger partial charge on any atom is 0.0891 e. The molecule has 5 aromatic rings. The van der Waals surface area contributed by atoms with E-state index in [0.717, 1.165) is 32.9 Å². The molecule has 0 aliphatic heterocycles. The maximum atomic E-state index is 10.8. The summed E-state index contributed by atoms with van der Waals surface area (Å²) in [6.45, 7) is 0.900. The molecule has 0 aliphatic carbocycles. The van der Waals surface area contributed by atoms with Gasteiger partial charge in [-0.05, 0) is 47.9 Å². The minimum atomic E-state index is -0.575. The van der Waals surface area contributed by atoms with Crippen LogP contribution in [0.4, 0.5) is 5.69 Å². The Morgan fingerprint density at radius 2 is 1.40 bits per heavy atom. The number of halogens is 2. The van der Waals surface area contributed by atoms with Crippen LogP contribution in [0.15, 0.2) is 78.9 Å². The summed E-state index contributed by atoms with van der Waals surface area (Å²) in [6.07, 6.45) is -0.575. The number of hydrogen-bond acceptors (Lipinski definition) is 2. The van der Waals surface area contributed by atoms with Gasteiger partial charge >= 0.3 is 0 Å². The van der Waals surface area contributed by atoms with Crippen molar-refractivity contribution in [2.24, 2.45) is 0 Å². The Morgan fingerprint density at radius 3 is 2.10 bits per heavy atom. The van der Waals surface area contributed by atoms with Gasteiger partial charge in [0, 0.05) is 49.5 Å². The molecule has 1 heterocycles. The van der Waals surface area contributed by atoms with Crippen LogP contribution in [0.5, 0.6) is 0 Å². The Bertz CT molecular complexity index is 1310. The Kier molecular flexibility index (Phi) is 5.03. The first-order valence-corrected chi connectivity index (χ1v) is 10.6. The van der Waals surface area contributed by atoms with E-state index in [1.54, 1.807) is 0 Å². The molecule has 150 valence electrons. The third-order valence-electron chi connectivity index (χ3n) is 5.50. The molecule has 0 unspecified atom stereocenters. The second kappa shape index (κ2) is 7.84. The van der Waals surface area contributed by atoms with E-state index in [9.17, 15) is 5.11 Å². The molecule has 2 N–H and O–H groups in total. The minimum absolute atomic E-state index is 0.441. The fraction of sp³-hybridized carbons (Fsp3) is 0.120. The predicted octanol–water partition coefficient (Wildman–Crippen LogP) is 6.73. The third kappa shape index (κ3) is 3.50. The van der Waals surface area contributed by atoms with Crippen molar-refractivity contribution in [2.45, 2.75) is 12.6 Å². The molecule has 0 aliphatic rings. The summed E-state index contributed by atoms with van der Waals surface area (Å²) in [5.41, 5.74) is 3.08. The van der Waals surface area contributed by atoms with Crippen LogP contribution in [0.25, 0.3) is 32.6 Å². The summed E-state index contributed by atoms with van der Waals surface area (Å²) in [5.74, 6) is 0. The van der Waals surface area contributed by atoms with Gasteiger partial charge in [-0.1, -0.05) is 59.6 Å².